The molecular weight excluding hydrogens is 278 g/mol. The van der Waals surface area contributed by atoms with Gasteiger partial charge in [-0.3, -0.25) is 4.79 Å². The van der Waals surface area contributed by atoms with Crippen LogP contribution >= 0.6 is 10.7 Å². The summed E-state index contributed by atoms with van der Waals surface area (Å²) in [7, 11) is 3.07. The fourth-order valence-electron chi connectivity index (χ4n) is 1.94. The fraction of sp³-hybridized carbons (Fsp3) is 0.364. The Hall–Kier alpha value is -1.11. The maximum atomic E-state index is 11.8. The van der Waals surface area contributed by atoms with Gasteiger partial charge in [0.25, 0.3) is 9.05 Å². The van der Waals surface area contributed by atoms with Crippen molar-refractivity contribution in [3.05, 3.63) is 23.8 Å². The van der Waals surface area contributed by atoms with Crippen LogP contribution in [0.1, 0.15) is 5.56 Å². The smallest absolute Gasteiger partial charge is 0.261 e. The second-order valence-corrected chi connectivity index (χ2v) is 6.51. The van der Waals surface area contributed by atoms with Crippen molar-refractivity contribution in [3.63, 3.8) is 0 Å². The van der Waals surface area contributed by atoms with E-state index >= 15 is 0 Å². The minimum absolute atomic E-state index is 0.0179. The van der Waals surface area contributed by atoms with Crippen LogP contribution in [-0.4, -0.2) is 34.6 Å². The van der Waals surface area contributed by atoms with Gasteiger partial charge in [0.15, 0.2) is 0 Å². The maximum absolute atomic E-state index is 11.8. The molecule has 0 aliphatic carbocycles. The van der Waals surface area contributed by atoms with Crippen molar-refractivity contribution in [2.24, 2.45) is 0 Å². The number of hydrogen-bond donors (Lipinski definition) is 0. The molecular formula is C11H12ClNO4S. The number of benzene rings is 1. The molecule has 0 bridgehead atoms. The molecule has 1 aromatic rings. The molecule has 98 valence electrons. The van der Waals surface area contributed by atoms with Gasteiger partial charge >= 0.3 is 0 Å². The molecule has 0 aromatic heterocycles. The van der Waals surface area contributed by atoms with Crippen molar-refractivity contribution in [2.45, 2.75) is 11.3 Å². The molecule has 2 rings (SSSR count). The van der Waals surface area contributed by atoms with Crippen LogP contribution in [0.4, 0.5) is 5.69 Å². The number of anilines is 1. The van der Waals surface area contributed by atoms with Crippen LogP contribution < -0.4 is 4.90 Å². The number of carbonyl (C=O) groups is 1. The molecule has 1 aromatic carbocycles. The Morgan fingerprint density at radius 2 is 2.17 bits per heavy atom. The molecule has 0 saturated carbocycles. The quantitative estimate of drug-likeness (QED) is 0.780. The van der Waals surface area contributed by atoms with E-state index in [1.165, 1.54) is 12.1 Å². The highest BCUT2D eigenvalue weighted by Crippen LogP contribution is 2.31. The highest BCUT2D eigenvalue weighted by atomic mass is 35.7. The van der Waals surface area contributed by atoms with E-state index in [2.05, 4.69) is 0 Å². The predicted molar refractivity (Wildman–Crippen MR) is 67.4 cm³/mol. The van der Waals surface area contributed by atoms with E-state index in [0.717, 1.165) is 5.69 Å². The highest BCUT2D eigenvalue weighted by molar-refractivity contribution is 8.13. The summed E-state index contributed by atoms with van der Waals surface area (Å²) in [5.41, 5.74) is 1.40. The molecule has 0 fully saturated rings. The van der Waals surface area contributed by atoms with Crippen LogP contribution in [0.25, 0.3) is 0 Å². The molecule has 0 radical (unpaired) electrons. The first-order valence-electron chi connectivity index (χ1n) is 5.30. The Morgan fingerprint density at radius 1 is 1.44 bits per heavy atom. The molecule has 5 nitrogen and oxygen atoms in total. The van der Waals surface area contributed by atoms with Gasteiger partial charge in [0, 0.05) is 30.0 Å². The lowest BCUT2D eigenvalue weighted by Crippen LogP contribution is -2.30. The Bertz CT molecular complexity index is 585. The average molecular weight is 290 g/mol. The largest absolute Gasteiger partial charge is 0.383 e. The summed E-state index contributed by atoms with van der Waals surface area (Å²) in [5.74, 6) is -0.0637. The van der Waals surface area contributed by atoms with Gasteiger partial charge in [-0.15, -0.1) is 0 Å². The SMILES string of the molecule is COCCN1C(=O)Cc2cc(S(=O)(=O)Cl)ccc21. The van der Waals surface area contributed by atoms with E-state index in [1.54, 1.807) is 18.1 Å². The minimum Gasteiger partial charge on any atom is -0.383 e. The van der Waals surface area contributed by atoms with E-state index in [-0.39, 0.29) is 17.2 Å². The molecule has 1 aliphatic heterocycles. The Kier molecular flexibility index (Phi) is 3.61. The normalized spacial score (nSPS) is 15.0. The first-order chi connectivity index (χ1) is 8.43. The van der Waals surface area contributed by atoms with Crippen molar-refractivity contribution in [2.75, 3.05) is 25.2 Å². The summed E-state index contributed by atoms with van der Waals surface area (Å²) >= 11 is 0. The number of halogens is 1. The molecule has 1 amide bonds. The van der Waals surface area contributed by atoms with Crippen LogP contribution in [-0.2, 0) is 25.0 Å². The molecule has 1 heterocycles. The van der Waals surface area contributed by atoms with Gasteiger partial charge in [-0.2, -0.15) is 0 Å². The Labute approximate surface area is 110 Å². The maximum Gasteiger partial charge on any atom is 0.261 e. The Balaban J connectivity index is 2.35. The van der Waals surface area contributed by atoms with Crippen molar-refractivity contribution in [1.82, 2.24) is 0 Å². The summed E-state index contributed by atoms with van der Waals surface area (Å²) in [6.07, 6.45) is 0.194. The van der Waals surface area contributed by atoms with Crippen molar-refractivity contribution < 1.29 is 17.9 Å². The third kappa shape index (κ3) is 2.50. The van der Waals surface area contributed by atoms with Crippen LogP contribution in [0.2, 0.25) is 0 Å². The number of rotatable bonds is 4. The topological polar surface area (TPSA) is 63.7 Å². The molecule has 0 spiro atoms. The minimum atomic E-state index is -3.76. The lowest BCUT2D eigenvalue weighted by molar-refractivity contribution is -0.117. The first-order valence-corrected chi connectivity index (χ1v) is 7.61. The van der Waals surface area contributed by atoms with Gasteiger partial charge in [-0.25, -0.2) is 8.42 Å². The summed E-state index contributed by atoms with van der Waals surface area (Å²) in [6.45, 7) is 0.885. The van der Waals surface area contributed by atoms with Gasteiger partial charge in [-0.05, 0) is 23.8 Å². The molecule has 0 N–H and O–H groups in total. The molecule has 18 heavy (non-hydrogen) atoms. The average Bonchev–Trinajstić information content (AvgIpc) is 2.60. The molecule has 7 heteroatoms. The van der Waals surface area contributed by atoms with Crippen molar-refractivity contribution in [1.29, 1.82) is 0 Å². The van der Waals surface area contributed by atoms with E-state index in [4.69, 9.17) is 15.4 Å². The highest BCUT2D eigenvalue weighted by Gasteiger charge is 2.28. The van der Waals surface area contributed by atoms with Crippen molar-refractivity contribution in [3.8, 4) is 0 Å². The van der Waals surface area contributed by atoms with Crippen LogP contribution in [0.5, 0.6) is 0 Å². The van der Waals surface area contributed by atoms with E-state index < -0.39 is 9.05 Å². The number of carbonyl (C=O) groups excluding carboxylic acids is 1. The second-order valence-electron chi connectivity index (χ2n) is 3.94. The van der Waals surface area contributed by atoms with E-state index in [0.29, 0.717) is 18.7 Å². The zero-order valence-electron chi connectivity index (χ0n) is 9.72. The lowest BCUT2D eigenvalue weighted by Gasteiger charge is -2.16. The standard InChI is InChI=1S/C11H12ClNO4S/c1-17-5-4-13-10-3-2-9(18(12,15)16)6-8(10)7-11(13)14/h2-3,6H,4-5,7H2,1H3. The fourth-order valence-corrected chi connectivity index (χ4v) is 2.74. The lowest BCUT2D eigenvalue weighted by atomic mass is 10.2. The summed E-state index contributed by atoms with van der Waals surface area (Å²) in [5, 5.41) is 0. The molecule has 0 unspecified atom stereocenters. The predicted octanol–water partition coefficient (Wildman–Crippen LogP) is 1.15. The number of hydrogen-bond acceptors (Lipinski definition) is 4. The van der Waals surface area contributed by atoms with E-state index in [1.807, 2.05) is 0 Å². The van der Waals surface area contributed by atoms with Gasteiger partial charge in [-0.1, -0.05) is 0 Å². The monoisotopic (exact) mass is 289 g/mol. The van der Waals surface area contributed by atoms with Crippen LogP contribution in [0.15, 0.2) is 23.1 Å². The van der Waals surface area contributed by atoms with Gasteiger partial charge in [0.1, 0.15) is 0 Å². The number of methoxy groups -OCH3 is 1. The Morgan fingerprint density at radius 3 is 2.78 bits per heavy atom. The number of nitrogens with zero attached hydrogens (tertiary/aromatic N) is 1. The number of amides is 1. The van der Waals surface area contributed by atoms with Crippen LogP contribution in [0, 0.1) is 0 Å². The summed E-state index contributed by atoms with van der Waals surface area (Å²) < 4.78 is 27.4. The summed E-state index contributed by atoms with van der Waals surface area (Å²) in [6, 6.07) is 4.45. The second kappa shape index (κ2) is 4.87. The third-order valence-corrected chi connectivity index (χ3v) is 4.14. The first kappa shape index (κ1) is 13.3. The third-order valence-electron chi connectivity index (χ3n) is 2.79. The zero-order valence-corrected chi connectivity index (χ0v) is 11.3. The molecule has 1 aliphatic rings. The van der Waals surface area contributed by atoms with Gasteiger partial charge in [0.2, 0.25) is 5.91 Å². The number of ether oxygens (including phenoxy) is 1. The van der Waals surface area contributed by atoms with Crippen molar-refractivity contribution >= 4 is 31.3 Å². The van der Waals surface area contributed by atoms with Gasteiger partial charge < -0.3 is 9.64 Å². The van der Waals surface area contributed by atoms with Crippen LogP contribution in [0.3, 0.4) is 0 Å². The summed E-state index contributed by atoms with van der Waals surface area (Å²) in [4.78, 5) is 13.4. The number of fused-ring (bicyclic) bond motifs is 1. The van der Waals surface area contributed by atoms with E-state index in [9.17, 15) is 13.2 Å². The molecule has 0 saturated heterocycles. The van der Waals surface area contributed by atoms with Gasteiger partial charge in [0.05, 0.1) is 17.9 Å². The zero-order chi connectivity index (χ0) is 13.3. The molecule has 0 atom stereocenters.